The first-order chi connectivity index (χ1) is 12.2. The van der Waals surface area contributed by atoms with Gasteiger partial charge in [0.05, 0.1) is 6.10 Å². The largest absolute Gasteiger partial charge is 0.388 e. The number of unbranched alkanes of at least 4 members (excludes halogenated alkanes) is 1. The van der Waals surface area contributed by atoms with Crippen molar-refractivity contribution in [1.29, 1.82) is 0 Å². The van der Waals surface area contributed by atoms with Gasteiger partial charge in [-0.1, -0.05) is 60.2 Å². The van der Waals surface area contributed by atoms with Gasteiger partial charge in [0.1, 0.15) is 0 Å². The minimum absolute atomic E-state index is 0.301. The standard InChI is InChI=1S/C23H31NO/c1-19-10-12-20(13-11-19)7-5-6-16-24-17-14-22(15-18-24)23(25)21-8-3-2-4-9-21/h2-4,8-13,22-23,25H,5-7,14-18H2,1H3. The second-order valence-electron chi connectivity index (χ2n) is 7.48. The molecule has 2 nitrogen and oxygen atoms in total. The topological polar surface area (TPSA) is 23.5 Å². The normalized spacial score (nSPS) is 17.5. The van der Waals surface area contributed by atoms with Crippen LogP contribution in [0.5, 0.6) is 0 Å². The molecule has 134 valence electrons. The average molecular weight is 338 g/mol. The molecule has 1 fully saturated rings. The lowest BCUT2D eigenvalue weighted by molar-refractivity contribution is 0.0585. The van der Waals surface area contributed by atoms with Crippen LogP contribution in [-0.4, -0.2) is 29.6 Å². The van der Waals surface area contributed by atoms with Gasteiger partial charge >= 0.3 is 0 Å². The number of benzene rings is 2. The van der Waals surface area contributed by atoms with E-state index >= 15 is 0 Å². The molecule has 1 aliphatic rings. The van der Waals surface area contributed by atoms with Gasteiger partial charge < -0.3 is 10.0 Å². The van der Waals surface area contributed by atoms with E-state index in [4.69, 9.17) is 0 Å². The van der Waals surface area contributed by atoms with E-state index in [1.165, 1.54) is 36.9 Å². The van der Waals surface area contributed by atoms with Crippen LogP contribution in [-0.2, 0) is 6.42 Å². The Bertz CT molecular complexity index is 614. The van der Waals surface area contributed by atoms with Crippen molar-refractivity contribution in [2.24, 2.45) is 5.92 Å². The molecule has 1 atom stereocenters. The Morgan fingerprint density at radius 1 is 0.960 bits per heavy atom. The third-order valence-electron chi connectivity index (χ3n) is 5.53. The van der Waals surface area contributed by atoms with Gasteiger partial charge in [-0.15, -0.1) is 0 Å². The molecule has 2 heteroatoms. The molecule has 3 rings (SSSR count). The number of likely N-dealkylation sites (tertiary alicyclic amines) is 1. The summed E-state index contributed by atoms with van der Waals surface area (Å²) in [4.78, 5) is 2.57. The number of aryl methyl sites for hydroxylation is 2. The highest BCUT2D eigenvalue weighted by Gasteiger charge is 2.25. The molecule has 1 aliphatic heterocycles. The average Bonchev–Trinajstić information content (AvgIpc) is 2.67. The van der Waals surface area contributed by atoms with Crippen molar-refractivity contribution in [1.82, 2.24) is 4.90 Å². The molecule has 25 heavy (non-hydrogen) atoms. The molecule has 1 N–H and O–H groups in total. The van der Waals surface area contributed by atoms with E-state index in [1.807, 2.05) is 30.3 Å². The molecular weight excluding hydrogens is 306 g/mol. The summed E-state index contributed by atoms with van der Waals surface area (Å²) in [6, 6.07) is 19.1. The summed E-state index contributed by atoms with van der Waals surface area (Å²) in [6.07, 6.45) is 5.62. The van der Waals surface area contributed by atoms with E-state index in [0.29, 0.717) is 5.92 Å². The lowest BCUT2D eigenvalue weighted by Gasteiger charge is -2.34. The van der Waals surface area contributed by atoms with Crippen molar-refractivity contribution >= 4 is 0 Å². The smallest absolute Gasteiger partial charge is 0.0819 e. The lowest BCUT2D eigenvalue weighted by Crippen LogP contribution is -2.36. The summed E-state index contributed by atoms with van der Waals surface area (Å²) in [5.41, 5.74) is 3.86. The summed E-state index contributed by atoms with van der Waals surface area (Å²) in [6.45, 7) is 5.58. The van der Waals surface area contributed by atoms with Crippen LogP contribution in [0.25, 0.3) is 0 Å². The Hall–Kier alpha value is -1.64. The Kier molecular flexibility index (Phi) is 6.66. The van der Waals surface area contributed by atoms with E-state index in [-0.39, 0.29) is 6.10 Å². The van der Waals surface area contributed by atoms with E-state index in [9.17, 15) is 5.11 Å². The van der Waals surface area contributed by atoms with E-state index in [2.05, 4.69) is 36.1 Å². The van der Waals surface area contributed by atoms with Crippen molar-refractivity contribution in [2.75, 3.05) is 19.6 Å². The summed E-state index contributed by atoms with van der Waals surface area (Å²) >= 11 is 0. The molecule has 0 radical (unpaired) electrons. The van der Waals surface area contributed by atoms with Crippen molar-refractivity contribution < 1.29 is 5.11 Å². The monoisotopic (exact) mass is 337 g/mol. The number of nitrogens with zero attached hydrogens (tertiary/aromatic N) is 1. The Balaban J connectivity index is 1.34. The molecule has 2 aromatic carbocycles. The van der Waals surface area contributed by atoms with Gasteiger partial charge in [0, 0.05) is 0 Å². The Morgan fingerprint density at radius 2 is 1.64 bits per heavy atom. The summed E-state index contributed by atoms with van der Waals surface area (Å²) in [5, 5.41) is 10.6. The van der Waals surface area contributed by atoms with Crippen LogP contribution in [0, 0.1) is 12.8 Å². The van der Waals surface area contributed by atoms with Crippen molar-refractivity contribution in [2.45, 2.75) is 45.1 Å². The van der Waals surface area contributed by atoms with Gasteiger partial charge in [-0.25, -0.2) is 0 Å². The molecule has 1 heterocycles. The van der Waals surface area contributed by atoms with Crippen molar-refractivity contribution in [3.05, 3.63) is 71.3 Å². The fourth-order valence-corrected chi connectivity index (χ4v) is 3.83. The van der Waals surface area contributed by atoms with E-state index in [0.717, 1.165) is 31.5 Å². The van der Waals surface area contributed by atoms with Gasteiger partial charge in [-0.3, -0.25) is 0 Å². The molecule has 1 unspecified atom stereocenters. The second kappa shape index (κ2) is 9.17. The van der Waals surface area contributed by atoms with Crippen LogP contribution in [0.15, 0.2) is 54.6 Å². The maximum Gasteiger partial charge on any atom is 0.0819 e. The molecule has 0 aliphatic carbocycles. The summed E-state index contributed by atoms with van der Waals surface area (Å²) in [7, 11) is 0. The highest BCUT2D eigenvalue weighted by Crippen LogP contribution is 2.30. The first-order valence-corrected chi connectivity index (χ1v) is 9.73. The van der Waals surface area contributed by atoms with E-state index in [1.54, 1.807) is 0 Å². The van der Waals surface area contributed by atoms with Crippen LogP contribution in [0.2, 0.25) is 0 Å². The molecular formula is C23H31NO. The number of aliphatic hydroxyl groups excluding tert-OH is 1. The van der Waals surface area contributed by atoms with E-state index < -0.39 is 0 Å². The highest BCUT2D eigenvalue weighted by molar-refractivity contribution is 5.21. The minimum Gasteiger partial charge on any atom is -0.388 e. The number of hydrogen-bond acceptors (Lipinski definition) is 2. The molecule has 1 saturated heterocycles. The second-order valence-corrected chi connectivity index (χ2v) is 7.48. The maximum atomic E-state index is 10.6. The number of hydrogen-bond donors (Lipinski definition) is 1. The molecule has 0 bridgehead atoms. The van der Waals surface area contributed by atoms with Gasteiger partial charge in [-0.05, 0) is 75.7 Å². The third kappa shape index (κ3) is 5.42. The molecule has 0 saturated carbocycles. The number of rotatable bonds is 7. The zero-order valence-electron chi connectivity index (χ0n) is 15.4. The van der Waals surface area contributed by atoms with Crippen molar-refractivity contribution in [3.8, 4) is 0 Å². The Morgan fingerprint density at radius 3 is 2.32 bits per heavy atom. The van der Waals surface area contributed by atoms with Gasteiger partial charge in [0.15, 0.2) is 0 Å². The predicted octanol–water partition coefficient (Wildman–Crippen LogP) is 4.76. The molecule has 0 aromatic heterocycles. The third-order valence-corrected chi connectivity index (χ3v) is 5.53. The van der Waals surface area contributed by atoms with Crippen LogP contribution < -0.4 is 0 Å². The molecule has 2 aromatic rings. The SMILES string of the molecule is Cc1ccc(CCCCN2CCC(C(O)c3ccccc3)CC2)cc1. The fourth-order valence-electron chi connectivity index (χ4n) is 3.83. The van der Waals surface area contributed by atoms with Crippen LogP contribution in [0.3, 0.4) is 0 Å². The van der Waals surface area contributed by atoms with Crippen molar-refractivity contribution in [3.63, 3.8) is 0 Å². The van der Waals surface area contributed by atoms with Gasteiger partial charge in [-0.2, -0.15) is 0 Å². The number of piperidine rings is 1. The lowest BCUT2D eigenvalue weighted by atomic mass is 9.87. The molecule has 0 amide bonds. The van der Waals surface area contributed by atoms with Gasteiger partial charge in [0.25, 0.3) is 0 Å². The predicted molar refractivity (Wildman–Crippen MR) is 105 cm³/mol. The quantitative estimate of drug-likeness (QED) is 0.736. The zero-order valence-corrected chi connectivity index (χ0v) is 15.4. The number of aliphatic hydroxyl groups is 1. The first-order valence-electron chi connectivity index (χ1n) is 9.73. The minimum atomic E-state index is -0.301. The highest BCUT2D eigenvalue weighted by atomic mass is 16.3. The van der Waals surface area contributed by atoms with Crippen LogP contribution in [0.1, 0.15) is 48.5 Å². The fraction of sp³-hybridized carbons (Fsp3) is 0.478. The van der Waals surface area contributed by atoms with Crippen LogP contribution in [0.4, 0.5) is 0 Å². The summed E-state index contributed by atoms with van der Waals surface area (Å²) in [5.74, 6) is 0.409. The first kappa shape index (κ1) is 18.2. The maximum absolute atomic E-state index is 10.6. The van der Waals surface area contributed by atoms with Gasteiger partial charge in [0.2, 0.25) is 0 Å². The summed E-state index contributed by atoms with van der Waals surface area (Å²) < 4.78 is 0. The Labute approximate surface area is 152 Å². The molecule has 0 spiro atoms. The van der Waals surface area contributed by atoms with Crippen LogP contribution >= 0.6 is 0 Å². The zero-order chi connectivity index (χ0) is 17.5.